The highest BCUT2D eigenvalue weighted by molar-refractivity contribution is 7.98. The van der Waals surface area contributed by atoms with E-state index in [0.717, 1.165) is 18.5 Å². The number of nitrogens with one attached hydrogen (secondary N) is 2. The maximum Gasteiger partial charge on any atom is 0.257 e. The van der Waals surface area contributed by atoms with Crippen LogP contribution in [0.3, 0.4) is 0 Å². The summed E-state index contributed by atoms with van der Waals surface area (Å²) in [6.45, 7) is 0. The van der Waals surface area contributed by atoms with Gasteiger partial charge in [-0.1, -0.05) is 23.9 Å². The zero-order valence-electron chi connectivity index (χ0n) is 13.6. The molecule has 2 aromatic rings. The fourth-order valence-corrected chi connectivity index (χ4v) is 3.93. The maximum absolute atomic E-state index is 13.8. The molecule has 7 heteroatoms. The van der Waals surface area contributed by atoms with E-state index >= 15 is 0 Å². The number of hydrogen-bond donors (Lipinski definition) is 2. The van der Waals surface area contributed by atoms with Crippen molar-refractivity contribution < 1.29 is 9.18 Å². The molecule has 2 aliphatic rings. The number of thioether (sulfide) groups is 1. The molecule has 1 aliphatic carbocycles. The Labute approximate surface area is 147 Å². The average Bonchev–Trinajstić information content (AvgIpc) is 2.60. The van der Waals surface area contributed by atoms with Crippen molar-refractivity contribution in [1.29, 1.82) is 0 Å². The Hall–Kier alpha value is -2.41. The summed E-state index contributed by atoms with van der Waals surface area (Å²) in [6, 6.07) is 6.08. The number of carbonyl (C=O) groups is 1. The Morgan fingerprint density at radius 1 is 1.28 bits per heavy atom. The van der Waals surface area contributed by atoms with Crippen molar-refractivity contribution in [2.24, 2.45) is 0 Å². The molecule has 0 saturated carbocycles. The molecular formula is C18H16FN3O2S. The van der Waals surface area contributed by atoms with Gasteiger partial charge in [0.2, 0.25) is 0 Å². The van der Waals surface area contributed by atoms with Crippen LogP contribution in [0.5, 0.6) is 0 Å². The van der Waals surface area contributed by atoms with Crippen molar-refractivity contribution in [1.82, 2.24) is 9.97 Å². The molecule has 1 atom stereocenters. The lowest BCUT2D eigenvalue weighted by molar-refractivity contribution is -0.116. The summed E-state index contributed by atoms with van der Waals surface area (Å²) < 4.78 is 13.8. The van der Waals surface area contributed by atoms with Crippen LogP contribution in [-0.4, -0.2) is 22.0 Å². The summed E-state index contributed by atoms with van der Waals surface area (Å²) in [5.74, 6) is -0.534. The first kappa shape index (κ1) is 16.1. The van der Waals surface area contributed by atoms with E-state index in [1.165, 1.54) is 23.9 Å². The number of H-pyrrole nitrogens is 1. The molecule has 25 heavy (non-hydrogen) atoms. The first-order valence-electron chi connectivity index (χ1n) is 8.05. The zero-order chi connectivity index (χ0) is 17.6. The average molecular weight is 357 g/mol. The topological polar surface area (TPSA) is 74.8 Å². The third-order valence-electron chi connectivity index (χ3n) is 4.61. The number of benzene rings is 1. The van der Waals surface area contributed by atoms with E-state index in [-0.39, 0.29) is 11.3 Å². The number of fused-ring (bicyclic) bond motifs is 1. The highest BCUT2D eigenvalue weighted by Crippen LogP contribution is 2.43. The number of anilines is 1. The van der Waals surface area contributed by atoms with Crippen LogP contribution < -0.4 is 10.9 Å². The maximum atomic E-state index is 13.8. The van der Waals surface area contributed by atoms with Gasteiger partial charge in [-0.2, -0.15) is 0 Å². The quantitative estimate of drug-likeness (QED) is 0.638. The van der Waals surface area contributed by atoms with Gasteiger partial charge in [-0.15, -0.1) is 0 Å². The molecule has 0 unspecified atom stereocenters. The van der Waals surface area contributed by atoms with E-state index in [0.29, 0.717) is 34.1 Å². The fraction of sp³-hybridized carbons (Fsp3) is 0.278. The molecule has 0 spiro atoms. The van der Waals surface area contributed by atoms with Crippen LogP contribution >= 0.6 is 11.8 Å². The number of Topliss-reactive ketones (excluding diaryl/α,β-unsaturated/α-hetero) is 1. The first-order valence-corrected chi connectivity index (χ1v) is 9.28. The smallest absolute Gasteiger partial charge is 0.257 e. The second-order valence-corrected chi connectivity index (χ2v) is 6.91. The van der Waals surface area contributed by atoms with E-state index < -0.39 is 11.7 Å². The normalized spacial score (nSPS) is 19.3. The first-order chi connectivity index (χ1) is 12.1. The number of rotatable bonds is 2. The van der Waals surface area contributed by atoms with Gasteiger partial charge >= 0.3 is 0 Å². The van der Waals surface area contributed by atoms with Crippen molar-refractivity contribution in [3.63, 3.8) is 0 Å². The van der Waals surface area contributed by atoms with Crippen LogP contribution in [0.25, 0.3) is 0 Å². The molecular weight excluding hydrogens is 341 g/mol. The van der Waals surface area contributed by atoms with E-state index in [1.807, 2.05) is 6.26 Å². The van der Waals surface area contributed by atoms with Gasteiger partial charge in [-0.25, -0.2) is 9.37 Å². The Morgan fingerprint density at radius 2 is 2.12 bits per heavy atom. The molecule has 0 saturated heterocycles. The minimum Gasteiger partial charge on any atom is -0.343 e. The molecule has 5 nitrogen and oxygen atoms in total. The van der Waals surface area contributed by atoms with Gasteiger partial charge in [0.05, 0.1) is 5.56 Å². The van der Waals surface area contributed by atoms with Crippen molar-refractivity contribution in [3.8, 4) is 0 Å². The lowest BCUT2D eigenvalue weighted by atomic mass is 9.76. The second-order valence-electron chi connectivity index (χ2n) is 6.12. The summed E-state index contributed by atoms with van der Waals surface area (Å²) in [7, 11) is 0. The number of ketones is 1. The number of allylic oxidation sites excluding steroid dienone is 2. The van der Waals surface area contributed by atoms with Crippen LogP contribution in [0.2, 0.25) is 0 Å². The lowest BCUT2D eigenvalue weighted by Crippen LogP contribution is -2.32. The van der Waals surface area contributed by atoms with Gasteiger partial charge in [0.15, 0.2) is 10.9 Å². The molecule has 1 aliphatic heterocycles. The zero-order valence-corrected chi connectivity index (χ0v) is 14.4. The number of nitrogens with zero attached hydrogens (tertiary/aromatic N) is 1. The van der Waals surface area contributed by atoms with Gasteiger partial charge in [0.1, 0.15) is 11.6 Å². The van der Waals surface area contributed by atoms with Crippen LogP contribution in [0.15, 0.2) is 45.5 Å². The van der Waals surface area contributed by atoms with Gasteiger partial charge in [0.25, 0.3) is 5.56 Å². The van der Waals surface area contributed by atoms with Crippen LogP contribution in [0.4, 0.5) is 10.2 Å². The van der Waals surface area contributed by atoms with E-state index in [9.17, 15) is 14.0 Å². The van der Waals surface area contributed by atoms with Crippen molar-refractivity contribution in [2.45, 2.75) is 30.3 Å². The molecule has 0 radical (unpaired) electrons. The summed E-state index contributed by atoms with van der Waals surface area (Å²) in [4.78, 5) is 32.5. The SMILES string of the molecule is CSc1nc2c(c(=O)[nH]1)[C@H](c1cccc(F)c1)C1=C(CCCC1=O)N2. The third-order valence-corrected chi connectivity index (χ3v) is 5.19. The van der Waals surface area contributed by atoms with E-state index in [2.05, 4.69) is 15.3 Å². The Kier molecular flexibility index (Phi) is 3.95. The number of aromatic nitrogens is 2. The molecule has 4 rings (SSSR count). The van der Waals surface area contributed by atoms with Crippen LogP contribution in [-0.2, 0) is 4.79 Å². The predicted molar refractivity (Wildman–Crippen MR) is 94.4 cm³/mol. The monoisotopic (exact) mass is 357 g/mol. The van der Waals surface area contributed by atoms with Gasteiger partial charge in [-0.05, 0) is 36.8 Å². The number of carbonyl (C=O) groups excluding carboxylic acids is 1. The van der Waals surface area contributed by atoms with Crippen LogP contribution in [0, 0.1) is 5.82 Å². The highest BCUT2D eigenvalue weighted by Gasteiger charge is 2.37. The number of halogens is 1. The lowest BCUT2D eigenvalue weighted by Gasteiger charge is -2.32. The third kappa shape index (κ3) is 2.68. The summed E-state index contributed by atoms with van der Waals surface area (Å²) >= 11 is 1.34. The Morgan fingerprint density at radius 3 is 2.88 bits per heavy atom. The molecule has 2 N–H and O–H groups in total. The molecule has 0 amide bonds. The van der Waals surface area contributed by atoms with Crippen molar-refractivity contribution >= 4 is 23.4 Å². The molecule has 1 aromatic carbocycles. The van der Waals surface area contributed by atoms with E-state index in [4.69, 9.17) is 0 Å². The summed E-state index contributed by atoms with van der Waals surface area (Å²) in [6.07, 6.45) is 3.74. The molecule has 2 heterocycles. The molecule has 0 bridgehead atoms. The molecule has 0 fully saturated rings. The highest BCUT2D eigenvalue weighted by atomic mass is 32.2. The van der Waals surface area contributed by atoms with Crippen molar-refractivity contribution in [2.75, 3.05) is 11.6 Å². The number of aromatic amines is 1. The van der Waals surface area contributed by atoms with Gasteiger partial charge < -0.3 is 10.3 Å². The second kappa shape index (κ2) is 6.15. The minimum absolute atomic E-state index is 0.00186. The summed E-state index contributed by atoms with van der Waals surface area (Å²) in [5, 5.41) is 3.68. The van der Waals surface area contributed by atoms with Gasteiger partial charge in [-0.3, -0.25) is 9.59 Å². The largest absolute Gasteiger partial charge is 0.343 e. The standard InChI is InChI=1S/C18H16FN3O2S/c1-25-18-21-16-15(17(24)22-18)13(9-4-2-5-10(19)8-9)14-11(20-16)6-3-7-12(14)23/h2,4-5,8,13H,3,6-7H2,1H3,(H2,20,21,22,24)/t13-/m1/s1. The fourth-order valence-electron chi connectivity index (χ4n) is 3.56. The number of hydrogen-bond acceptors (Lipinski definition) is 5. The molecule has 1 aromatic heterocycles. The van der Waals surface area contributed by atoms with Gasteiger partial charge in [0, 0.05) is 23.6 Å². The molecule has 128 valence electrons. The van der Waals surface area contributed by atoms with Crippen LogP contribution in [0.1, 0.15) is 36.3 Å². The minimum atomic E-state index is -0.595. The van der Waals surface area contributed by atoms with Crippen molar-refractivity contribution in [3.05, 3.63) is 62.8 Å². The predicted octanol–water partition coefficient (Wildman–Crippen LogP) is 3.20. The van der Waals surface area contributed by atoms with E-state index in [1.54, 1.807) is 12.1 Å². The Bertz CT molecular complexity index is 967. The Balaban J connectivity index is 2.00. The summed E-state index contributed by atoms with van der Waals surface area (Å²) in [5.41, 5.74) is 2.02.